The van der Waals surface area contributed by atoms with Crippen molar-refractivity contribution in [2.45, 2.75) is 25.7 Å². The Balaban J connectivity index is 1.72. The van der Waals surface area contributed by atoms with Crippen LogP contribution in [0.3, 0.4) is 0 Å². The van der Waals surface area contributed by atoms with Crippen molar-refractivity contribution in [3.8, 4) is 17.2 Å². The van der Waals surface area contributed by atoms with Gasteiger partial charge in [-0.2, -0.15) is 5.10 Å². The van der Waals surface area contributed by atoms with E-state index in [2.05, 4.69) is 10.4 Å². The molecule has 1 amide bonds. The maximum absolute atomic E-state index is 13.3. The molecular weight excluding hydrogens is 373 g/mol. The first kappa shape index (κ1) is 19.0. The summed E-state index contributed by atoms with van der Waals surface area (Å²) in [6.07, 6.45) is 3.65. The fraction of sp³-hybridized carbons (Fsp3) is 0.273. The molecule has 29 heavy (non-hydrogen) atoms. The molecule has 6 nitrogen and oxygen atoms in total. The number of hydrogen-bond donors (Lipinski definition) is 1. The summed E-state index contributed by atoms with van der Waals surface area (Å²) in [6, 6.07) is 11.3. The van der Waals surface area contributed by atoms with E-state index in [0.29, 0.717) is 22.9 Å². The van der Waals surface area contributed by atoms with Crippen LogP contribution in [0.1, 0.15) is 34.6 Å². The van der Waals surface area contributed by atoms with Crippen LogP contribution < -0.4 is 14.8 Å². The van der Waals surface area contributed by atoms with Crippen LogP contribution in [0.5, 0.6) is 11.5 Å². The van der Waals surface area contributed by atoms with Crippen LogP contribution in [0.25, 0.3) is 5.69 Å². The minimum Gasteiger partial charge on any atom is -0.497 e. The highest BCUT2D eigenvalue weighted by Gasteiger charge is 2.26. The average Bonchev–Trinajstić information content (AvgIpc) is 3.14. The van der Waals surface area contributed by atoms with Gasteiger partial charge in [0.1, 0.15) is 17.3 Å². The van der Waals surface area contributed by atoms with E-state index in [1.54, 1.807) is 49.2 Å². The minimum atomic E-state index is -0.310. The van der Waals surface area contributed by atoms with E-state index < -0.39 is 0 Å². The van der Waals surface area contributed by atoms with Gasteiger partial charge in [-0.3, -0.25) is 4.79 Å². The van der Waals surface area contributed by atoms with Crippen molar-refractivity contribution < 1.29 is 18.7 Å². The number of benzene rings is 2. The zero-order chi connectivity index (χ0) is 20.4. The maximum Gasteiger partial charge on any atom is 0.276 e. The molecule has 0 aliphatic heterocycles. The van der Waals surface area contributed by atoms with Crippen LogP contribution in [0, 0.1) is 5.82 Å². The van der Waals surface area contributed by atoms with Gasteiger partial charge >= 0.3 is 0 Å². The van der Waals surface area contributed by atoms with Gasteiger partial charge in [0.15, 0.2) is 5.69 Å². The van der Waals surface area contributed by atoms with Gasteiger partial charge in [0.25, 0.3) is 5.91 Å². The van der Waals surface area contributed by atoms with Crippen LogP contribution in [0.2, 0.25) is 0 Å². The van der Waals surface area contributed by atoms with Crippen molar-refractivity contribution in [1.82, 2.24) is 9.78 Å². The Labute approximate surface area is 168 Å². The highest BCUT2D eigenvalue weighted by atomic mass is 19.1. The molecule has 0 unspecified atom stereocenters. The van der Waals surface area contributed by atoms with E-state index >= 15 is 0 Å². The van der Waals surface area contributed by atoms with Crippen LogP contribution in [-0.2, 0) is 12.8 Å². The molecule has 0 bridgehead atoms. The predicted octanol–water partition coefficient (Wildman–Crippen LogP) is 4.16. The van der Waals surface area contributed by atoms with Crippen LogP contribution in [0.15, 0.2) is 42.5 Å². The van der Waals surface area contributed by atoms with E-state index in [0.717, 1.165) is 42.6 Å². The summed E-state index contributed by atoms with van der Waals surface area (Å²) in [4.78, 5) is 13.1. The van der Waals surface area contributed by atoms with Gasteiger partial charge in [0, 0.05) is 17.3 Å². The highest BCUT2D eigenvalue weighted by Crippen LogP contribution is 2.31. The molecule has 0 saturated carbocycles. The Hall–Kier alpha value is -3.35. The predicted molar refractivity (Wildman–Crippen MR) is 108 cm³/mol. The van der Waals surface area contributed by atoms with E-state index in [9.17, 15) is 9.18 Å². The van der Waals surface area contributed by atoms with Crippen molar-refractivity contribution in [2.24, 2.45) is 0 Å². The summed E-state index contributed by atoms with van der Waals surface area (Å²) in [7, 11) is 3.11. The van der Waals surface area contributed by atoms with Crippen molar-refractivity contribution in [2.75, 3.05) is 19.5 Å². The lowest BCUT2D eigenvalue weighted by Crippen LogP contribution is -2.16. The summed E-state index contributed by atoms with van der Waals surface area (Å²) >= 11 is 0. The fourth-order valence-electron chi connectivity index (χ4n) is 3.67. The first-order valence-corrected chi connectivity index (χ1v) is 9.51. The summed E-state index contributed by atoms with van der Waals surface area (Å²) in [5, 5.41) is 7.49. The van der Waals surface area contributed by atoms with Crippen LogP contribution in [-0.4, -0.2) is 29.9 Å². The Morgan fingerprint density at radius 1 is 1.07 bits per heavy atom. The third kappa shape index (κ3) is 3.68. The number of nitrogens with one attached hydrogen (secondary N) is 1. The van der Waals surface area contributed by atoms with Gasteiger partial charge in [-0.25, -0.2) is 9.07 Å². The third-order valence-corrected chi connectivity index (χ3v) is 5.12. The van der Waals surface area contributed by atoms with Crippen LogP contribution >= 0.6 is 0 Å². The largest absolute Gasteiger partial charge is 0.497 e. The Kier molecular flexibility index (Phi) is 5.20. The number of fused-ring (bicyclic) bond motifs is 1. The lowest BCUT2D eigenvalue weighted by molar-refractivity contribution is 0.102. The highest BCUT2D eigenvalue weighted by molar-refractivity contribution is 6.05. The quantitative estimate of drug-likeness (QED) is 0.705. The molecule has 0 spiro atoms. The van der Waals surface area contributed by atoms with Crippen LogP contribution in [0.4, 0.5) is 10.1 Å². The molecule has 0 fully saturated rings. The number of halogens is 1. The second kappa shape index (κ2) is 7.95. The molecule has 3 aromatic rings. The molecule has 1 N–H and O–H groups in total. The second-order valence-electron chi connectivity index (χ2n) is 6.89. The summed E-state index contributed by atoms with van der Waals surface area (Å²) in [5.41, 5.74) is 3.58. The number of methoxy groups -OCH3 is 2. The minimum absolute atomic E-state index is 0.308. The van der Waals surface area contributed by atoms with E-state index in [4.69, 9.17) is 9.47 Å². The third-order valence-electron chi connectivity index (χ3n) is 5.12. The van der Waals surface area contributed by atoms with Crippen molar-refractivity contribution in [1.29, 1.82) is 0 Å². The standard InChI is InChI=1S/C22H22FN3O3/c1-28-16-11-12-20(29-2)18(13-16)24-22(27)21-17-5-3-4-6-19(17)26(25-21)15-9-7-14(23)8-10-15/h7-13H,3-6H2,1-2H3,(H,24,27). The molecule has 1 aromatic heterocycles. The number of carbonyl (C=O) groups is 1. The van der Waals surface area contributed by atoms with Crippen molar-refractivity contribution in [3.05, 3.63) is 65.2 Å². The van der Waals surface area contributed by atoms with Gasteiger partial charge in [0.2, 0.25) is 0 Å². The molecule has 0 atom stereocenters. The number of anilines is 1. The summed E-state index contributed by atoms with van der Waals surface area (Å²) in [6.45, 7) is 0. The van der Waals surface area contributed by atoms with E-state index in [1.165, 1.54) is 12.1 Å². The van der Waals surface area contributed by atoms with Gasteiger partial charge in [-0.15, -0.1) is 0 Å². The van der Waals surface area contributed by atoms with Gasteiger partial charge < -0.3 is 14.8 Å². The maximum atomic E-state index is 13.3. The smallest absolute Gasteiger partial charge is 0.276 e. The van der Waals surface area contributed by atoms with Gasteiger partial charge in [0.05, 0.1) is 25.6 Å². The molecule has 1 heterocycles. The SMILES string of the molecule is COc1ccc(OC)c(NC(=O)c2nn(-c3ccc(F)cc3)c3c2CCCC3)c1. The molecule has 2 aromatic carbocycles. The lowest BCUT2D eigenvalue weighted by Gasteiger charge is -2.14. The van der Waals surface area contributed by atoms with E-state index in [-0.39, 0.29) is 11.7 Å². The Morgan fingerprint density at radius 3 is 2.55 bits per heavy atom. The number of carbonyl (C=O) groups excluding carboxylic acids is 1. The molecule has 1 aliphatic carbocycles. The number of hydrogen-bond acceptors (Lipinski definition) is 4. The molecule has 0 radical (unpaired) electrons. The first-order chi connectivity index (χ1) is 14.1. The molecule has 7 heteroatoms. The zero-order valence-electron chi connectivity index (χ0n) is 16.4. The number of aromatic nitrogens is 2. The van der Waals surface area contributed by atoms with E-state index in [1.807, 2.05) is 0 Å². The molecular formula is C22H22FN3O3. The fourth-order valence-corrected chi connectivity index (χ4v) is 3.67. The second-order valence-corrected chi connectivity index (χ2v) is 6.89. The number of nitrogens with zero attached hydrogens (tertiary/aromatic N) is 2. The number of amides is 1. The lowest BCUT2D eigenvalue weighted by atomic mass is 9.95. The molecule has 0 saturated heterocycles. The molecule has 4 rings (SSSR count). The van der Waals surface area contributed by atoms with Gasteiger partial charge in [-0.1, -0.05) is 0 Å². The summed E-state index contributed by atoms with van der Waals surface area (Å²) in [5.74, 6) is 0.527. The molecule has 150 valence electrons. The van der Waals surface area contributed by atoms with Crippen molar-refractivity contribution >= 4 is 11.6 Å². The topological polar surface area (TPSA) is 65.4 Å². The Bertz CT molecular complexity index is 1040. The number of ether oxygens (including phenoxy) is 2. The summed E-state index contributed by atoms with van der Waals surface area (Å²) < 4.78 is 25.7. The normalized spacial score (nSPS) is 12.9. The first-order valence-electron chi connectivity index (χ1n) is 9.51. The number of rotatable bonds is 5. The zero-order valence-corrected chi connectivity index (χ0v) is 16.4. The molecule has 1 aliphatic rings. The van der Waals surface area contributed by atoms with Crippen molar-refractivity contribution in [3.63, 3.8) is 0 Å². The average molecular weight is 395 g/mol. The van der Waals surface area contributed by atoms with Gasteiger partial charge in [-0.05, 0) is 62.1 Å². The monoisotopic (exact) mass is 395 g/mol. The Morgan fingerprint density at radius 2 is 1.83 bits per heavy atom.